The molecular weight excluding hydrogens is 472 g/mol. The molecule has 208 valence electrons. The first kappa shape index (κ1) is 27.9. The lowest BCUT2D eigenvalue weighted by Crippen LogP contribution is -2.56. The van der Waals surface area contributed by atoms with Crippen molar-refractivity contribution in [3.8, 4) is 0 Å². The first-order valence-electron chi connectivity index (χ1n) is 15.7. The third kappa shape index (κ3) is 5.41. The van der Waals surface area contributed by atoms with E-state index in [1.807, 2.05) is 19.2 Å². The zero-order valence-electron chi connectivity index (χ0n) is 24.6. The van der Waals surface area contributed by atoms with E-state index < -0.39 is 5.60 Å². The highest BCUT2D eigenvalue weighted by Gasteiger charge is 2.61. The van der Waals surface area contributed by atoms with Gasteiger partial charge in [0.25, 0.3) is 0 Å². The number of aryl methyl sites for hydroxylation is 1. The maximum absolute atomic E-state index is 11.7. The van der Waals surface area contributed by atoms with Crippen LogP contribution in [0, 0.1) is 59.2 Å². The molecular formula is C33H54N2OS. The Kier molecular flexibility index (Phi) is 8.12. The molecule has 0 aromatic carbocycles. The highest BCUT2D eigenvalue weighted by atomic mass is 32.2. The van der Waals surface area contributed by atoms with Crippen molar-refractivity contribution in [1.82, 2.24) is 9.97 Å². The van der Waals surface area contributed by atoms with E-state index in [9.17, 15) is 5.11 Å². The molecule has 0 saturated heterocycles. The second kappa shape index (κ2) is 10.8. The van der Waals surface area contributed by atoms with Crippen LogP contribution >= 0.6 is 11.8 Å². The lowest BCUT2D eigenvalue weighted by molar-refractivity contribution is -0.146. The number of nitrogens with zero attached hydrogens (tertiary/aromatic N) is 2. The van der Waals surface area contributed by atoms with Crippen LogP contribution in [-0.4, -0.2) is 26.4 Å². The summed E-state index contributed by atoms with van der Waals surface area (Å²) in [4.78, 5) is 8.98. The molecule has 9 atom stereocenters. The second-order valence-electron chi connectivity index (χ2n) is 14.9. The number of hydrogen-bond donors (Lipinski definition) is 1. The first-order valence-corrected chi connectivity index (χ1v) is 16.7. The zero-order chi connectivity index (χ0) is 26.4. The SMILES string of the molecule is Cc1ccnc(SCC2(O)CCC3(C)C(CCC4C3CCC3(C)C(C(C)CCCC(C)C)CCC43)C2)n1. The van der Waals surface area contributed by atoms with Crippen LogP contribution in [0.4, 0.5) is 0 Å². The molecule has 1 N–H and O–H groups in total. The minimum absolute atomic E-state index is 0.419. The molecule has 9 unspecified atom stereocenters. The van der Waals surface area contributed by atoms with Gasteiger partial charge in [-0.2, -0.15) is 0 Å². The van der Waals surface area contributed by atoms with Gasteiger partial charge in [0.2, 0.25) is 0 Å². The molecule has 4 fully saturated rings. The van der Waals surface area contributed by atoms with Gasteiger partial charge in [0.1, 0.15) is 0 Å². The van der Waals surface area contributed by atoms with E-state index in [1.54, 1.807) is 11.8 Å². The van der Waals surface area contributed by atoms with Crippen molar-refractivity contribution in [3.05, 3.63) is 18.0 Å². The molecule has 0 aliphatic heterocycles. The molecule has 1 aromatic rings. The summed E-state index contributed by atoms with van der Waals surface area (Å²) in [6.45, 7) is 14.7. The number of hydrogen-bond acceptors (Lipinski definition) is 4. The van der Waals surface area contributed by atoms with E-state index in [1.165, 1.54) is 64.2 Å². The fraction of sp³-hybridized carbons (Fsp3) is 0.879. The maximum Gasteiger partial charge on any atom is 0.187 e. The number of fused-ring (bicyclic) bond motifs is 5. The number of thioether (sulfide) groups is 1. The van der Waals surface area contributed by atoms with E-state index >= 15 is 0 Å². The van der Waals surface area contributed by atoms with Gasteiger partial charge in [-0.1, -0.05) is 65.6 Å². The highest BCUT2D eigenvalue weighted by Crippen LogP contribution is 2.69. The van der Waals surface area contributed by atoms with E-state index in [2.05, 4.69) is 44.6 Å². The minimum atomic E-state index is -0.568. The minimum Gasteiger partial charge on any atom is -0.389 e. The molecule has 4 heteroatoms. The van der Waals surface area contributed by atoms with Crippen molar-refractivity contribution in [3.63, 3.8) is 0 Å². The molecule has 4 aliphatic carbocycles. The smallest absolute Gasteiger partial charge is 0.187 e. The van der Waals surface area contributed by atoms with Crippen molar-refractivity contribution in [2.45, 2.75) is 129 Å². The van der Waals surface area contributed by atoms with Crippen LogP contribution in [0.5, 0.6) is 0 Å². The average molecular weight is 527 g/mol. The summed E-state index contributed by atoms with van der Waals surface area (Å²) in [5.74, 6) is 6.80. The van der Waals surface area contributed by atoms with Gasteiger partial charge in [-0.3, -0.25) is 0 Å². The van der Waals surface area contributed by atoms with Crippen LogP contribution in [0.2, 0.25) is 0 Å². The lowest BCUT2D eigenvalue weighted by atomic mass is 9.43. The number of aromatic nitrogens is 2. The number of rotatable bonds is 8. The molecule has 0 radical (unpaired) electrons. The molecule has 0 bridgehead atoms. The molecule has 4 saturated carbocycles. The first-order chi connectivity index (χ1) is 17.5. The Labute approximate surface area is 231 Å². The predicted molar refractivity (Wildman–Crippen MR) is 156 cm³/mol. The van der Waals surface area contributed by atoms with Crippen LogP contribution in [0.3, 0.4) is 0 Å². The normalized spacial score (nSPS) is 42.2. The Balaban J connectivity index is 1.23. The fourth-order valence-corrected chi connectivity index (χ4v) is 11.2. The zero-order valence-corrected chi connectivity index (χ0v) is 25.5. The average Bonchev–Trinajstić information content (AvgIpc) is 3.21. The van der Waals surface area contributed by atoms with Crippen molar-refractivity contribution in [2.24, 2.45) is 52.3 Å². The molecule has 0 amide bonds. The molecule has 0 spiro atoms. The van der Waals surface area contributed by atoms with Crippen molar-refractivity contribution in [1.29, 1.82) is 0 Å². The van der Waals surface area contributed by atoms with Gasteiger partial charge in [-0.15, -0.1) is 0 Å². The summed E-state index contributed by atoms with van der Waals surface area (Å²) in [5.41, 5.74) is 1.42. The lowest BCUT2D eigenvalue weighted by Gasteiger charge is -2.62. The summed E-state index contributed by atoms with van der Waals surface area (Å²) in [5, 5.41) is 12.5. The van der Waals surface area contributed by atoms with Crippen LogP contribution in [0.1, 0.15) is 117 Å². The largest absolute Gasteiger partial charge is 0.389 e. The Hall–Kier alpha value is -0.610. The predicted octanol–water partition coefficient (Wildman–Crippen LogP) is 8.73. The van der Waals surface area contributed by atoms with Gasteiger partial charge in [0.15, 0.2) is 5.16 Å². The third-order valence-electron chi connectivity index (χ3n) is 12.3. The molecule has 4 aliphatic rings. The monoisotopic (exact) mass is 526 g/mol. The molecule has 1 aromatic heterocycles. The third-order valence-corrected chi connectivity index (χ3v) is 13.4. The van der Waals surface area contributed by atoms with Gasteiger partial charge in [0, 0.05) is 17.6 Å². The highest BCUT2D eigenvalue weighted by molar-refractivity contribution is 7.99. The Morgan fingerprint density at radius 3 is 2.51 bits per heavy atom. The molecule has 1 heterocycles. The number of aliphatic hydroxyl groups is 1. The van der Waals surface area contributed by atoms with E-state index in [4.69, 9.17) is 0 Å². The van der Waals surface area contributed by atoms with E-state index in [0.29, 0.717) is 16.7 Å². The summed E-state index contributed by atoms with van der Waals surface area (Å²) < 4.78 is 0. The summed E-state index contributed by atoms with van der Waals surface area (Å²) in [6, 6.07) is 1.94. The Morgan fingerprint density at radius 2 is 1.76 bits per heavy atom. The topological polar surface area (TPSA) is 46.0 Å². The van der Waals surface area contributed by atoms with Gasteiger partial charge < -0.3 is 5.11 Å². The van der Waals surface area contributed by atoms with E-state index in [0.717, 1.165) is 65.0 Å². The van der Waals surface area contributed by atoms with Crippen LogP contribution in [0.15, 0.2) is 17.4 Å². The summed E-state index contributed by atoms with van der Waals surface area (Å²) >= 11 is 1.65. The molecule has 5 rings (SSSR count). The van der Waals surface area contributed by atoms with Gasteiger partial charge >= 0.3 is 0 Å². The second-order valence-corrected chi connectivity index (χ2v) is 15.8. The Bertz CT molecular complexity index is 937. The quantitative estimate of drug-likeness (QED) is 0.272. The summed E-state index contributed by atoms with van der Waals surface area (Å²) in [7, 11) is 0. The maximum atomic E-state index is 11.7. The van der Waals surface area contributed by atoms with Crippen molar-refractivity contribution >= 4 is 11.8 Å². The Morgan fingerprint density at radius 1 is 0.973 bits per heavy atom. The van der Waals surface area contributed by atoms with Gasteiger partial charge in [-0.25, -0.2) is 9.97 Å². The van der Waals surface area contributed by atoms with Crippen molar-refractivity contribution in [2.75, 3.05) is 5.75 Å². The van der Waals surface area contributed by atoms with Crippen LogP contribution in [0.25, 0.3) is 0 Å². The van der Waals surface area contributed by atoms with Crippen LogP contribution < -0.4 is 0 Å². The molecule has 37 heavy (non-hydrogen) atoms. The fourth-order valence-electron chi connectivity index (χ4n) is 10.2. The summed E-state index contributed by atoms with van der Waals surface area (Å²) in [6.07, 6.45) is 17.8. The van der Waals surface area contributed by atoms with Gasteiger partial charge in [-0.05, 0) is 123 Å². The standard InChI is InChI=1S/C33H54N2OS/c1-22(2)8-7-9-23(3)27-12-13-28-26-11-10-25-20-33(36,21-37-30-34-19-15-24(4)35-30)18-17-31(25,5)29(26)14-16-32(27,28)6/h15,19,22-23,25-29,36H,7-14,16-18,20-21H2,1-6H3. The molecule has 3 nitrogen and oxygen atoms in total. The van der Waals surface area contributed by atoms with Crippen molar-refractivity contribution < 1.29 is 5.11 Å². The van der Waals surface area contributed by atoms with Gasteiger partial charge in [0.05, 0.1) is 5.60 Å². The van der Waals surface area contributed by atoms with E-state index in [-0.39, 0.29) is 0 Å². The van der Waals surface area contributed by atoms with Crippen LogP contribution in [-0.2, 0) is 0 Å².